The van der Waals surface area contributed by atoms with Crippen molar-refractivity contribution in [1.29, 1.82) is 0 Å². The Labute approximate surface area is 163 Å². The lowest BCUT2D eigenvalue weighted by Crippen LogP contribution is -2.19. The van der Waals surface area contributed by atoms with Crippen LogP contribution in [0.2, 0.25) is 0 Å². The molecule has 0 radical (unpaired) electrons. The molecule has 1 fully saturated rings. The van der Waals surface area contributed by atoms with Crippen LogP contribution in [0.4, 0.5) is 5.69 Å². The highest BCUT2D eigenvalue weighted by Crippen LogP contribution is 2.30. The van der Waals surface area contributed by atoms with E-state index in [-0.39, 0.29) is 5.91 Å². The fourth-order valence-electron chi connectivity index (χ4n) is 2.77. The number of carbonyl (C=O) groups is 1. The van der Waals surface area contributed by atoms with Crippen molar-refractivity contribution in [2.45, 2.75) is 0 Å². The summed E-state index contributed by atoms with van der Waals surface area (Å²) >= 11 is 3.62. The first-order valence-corrected chi connectivity index (χ1v) is 9.59. The summed E-state index contributed by atoms with van der Waals surface area (Å²) in [5.41, 5.74) is 3.01. The lowest BCUT2D eigenvalue weighted by Gasteiger charge is -1.96. The number of aromatic nitrogens is 1. The lowest BCUT2D eigenvalue weighted by molar-refractivity contribution is -0.115. The van der Waals surface area contributed by atoms with Gasteiger partial charge in [-0.2, -0.15) is 0 Å². The van der Waals surface area contributed by atoms with E-state index in [1.165, 1.54) is 11.8 Å². The fourth-order valence-corrected chi connectivity index (χ4v) is 4.13. The number of halogens is 1. The summed E-state index contributed by atoms with van der Waals surface area (Å²) in [4.78, 5) is 17.5. The Bertz CT molecular complexity index is 1050. The number of fused-ring (bicyclic) bond motifs is 1. The molecule has 2 aromatic carbocycles. The molecule has 1 aromatic heterocycles. The van der Waals surface area contributed by atoms with Crippen molar-refractivity contribution >= 4 is 68.1 Å². The second-order valence-corrected chi connectivity index (χ2v) is 7.95. The minimum atomic E-state index is -0.109. The topological polar surface area (TPSA) is 46.4 Å². The van der Waals surface area contributed by atoms with Gasteiger partial charge in [0.15, 0.2) is 5.17 Å². The van der Waals surface area contributed by atoms with E-state index >= 15 is 0 Å². The molecule has 0 bridgehead atoms. The van der Waals surface area contributed by atoms with Gasteiger partial charge >= 0.3 is 0 Å². The molecule has 124 valence electrons. The van der Waals surface area contributed by atoms with Crippen LogP contribution in [0.25, 0.3) is 17.0 Å². The molecule has 4 nitrogen and oxygen atoms in total. The van der Waals surface area contributed by atoms with E-state index in [0.717, 1.165) is 25.7 Å². The van der Waals surface area contributed by atoms with Crippen LogP contribution < -0.4 is 5.32 Å². The van der Waals surface area contributed by atoms with Gasteiger partial charge in [0, 0.05) is 33.3 Å². The molecule has 0 atom stereocenters. The number of thioether (sulfide) groups is 1. The molecule has 3 aromatic rings. The molecule has 0 aliphatic carbocycles. The van der Waals surface area contributed by atoms with Crippen LogP contribution in [-0.2, 0) is 11.8 Å². The highest BCUT2D eigenvalue weighted by Gasteiger charge is 2.24. The molecular formula is C19H14IN3OS. The summed E-state index contributed by atoms with van der Waals surface area (Å²) in [5, 5.41) is 4.59. The van der Waals surface area contributed by atoms with Crippen LogP contribution in [0.1, 0.15) is 5.56 Å². The van der Waals surface area contributed by atoms with Crippen molar-refractivity contribution in [2.75, 3.05) is 0 Å². The summed E-state index contributed by atoms with van der Waals surface area (Å²) in [5.74, 6) is -0.109. The van der Waals surface area contributed by atoms with Gasteiger partial charge in [-0.05, 0) is 64.7 Å². The van der Waals surface area contributed by atoms with E-state index in [4.69, 9.17) is 0 Å². The molecule has 1 amide bonds. The normalized spacial score (nSPS) is 17.6. The van der Waals surface area contributed by atoms with Gasteiger partial charge in [-0.25, -0.2) is 4.99 Å². The number of carbonyl (C=O) groups excluding carboxylic acids is 1. The number of hydrogen-bond donors (Lipinski definition) is 1. The van der Waals surface area contributed by atoms with E-state index < -0.39 is 0 Å². The molecule has 6 heteroatoms. The minimum Gasteiger partial charge on any atom is -0.350 e. The fraction of sp³-hybridized carbons (Fsp3) is 0.0526. The largest absolute Gasteiger partial charge is 0.350 e. The summed E-state index contributed by atoms with van der Waals surface area (Å²) < 4.78 is 3.18. The third-order valence-electron chi connectivity index (χ3n) is 3.90. The molecular weight excluding hydrogens is 445 g/mol. The van der Waals surface area contributed by atoms with Crippen molar-refractivity contribution in [3.63, 3.8) is 0 Å². The second-order valence-electron chi connectivity index (χ2n) is 5.67. The maximum atomic E-state index is 12.3. The summed E-state index contributed by atoms with van der Waals surface area (Å²) in [6, 6.07) is 16.0. The maximum Gasteiger partial charge on any atom is 0.264 e. The molecule has 4 rings (SSSR count). The van der Waals surface area contributed by atoms with Crippen LogP contribution >= 0.6 is 34.4 Å². The molecule has 1 aliphatic heterocycles. The number of nitrogens with one attached hydrogen (secondary N) is 1. The average Bonchev–Trinajstić information content (AvgIpc) is 3.09. The van der Waals surface area contributed by atoms with Crippen molar-refractivity contribution in [1.82, 2.24) is 9.88 Å². The molecule has 0 spiro atoms. The maximum absolute atomic E-state index is 12.3. The van der Waals surface area contributed by atoms with Crippen LogP contribution in [0.5, 0.6) is 0 Å². The number of nitrogens with zero attached hydrogens (tertiary/aromatic N) is 2. The second kappa shape index (κ2) is 6.68. The Morgan fingerprint density at radius 3 is 2.88 bits per heavy atom. The van der Waals surface area contributed by atoms with E-state index in [9.17, 15) is 4.79 Å². The van der Waals surface area contributed by atoms with Gasteiger partial charge < -0.3 is 9.88 Å². The number of para-hydroxylation sites is 1. The molecule has 0 unspecified atom stereocenters. The number of hydrogen-bond acceptors (Lipinski definition) is 3. The van der Waals surface area contributed by atoms with Gasteiger partial charge in [-0.3, -0.25) is 4.79 Å². The van der Waals surface area contributed by atoms with Crippen LogP contribution in [0.15, 0.2) is 64.6 Å². The van der Waals surface area contributed by atoms with Crippen molar-refractivity contribution in [3.8, 4) is 0 Å². The summed E-state index contributed by atoms with van der Waals surface area (Å²) in [6.45, 7) is 0. The van der Waals surface area contributed by atoms with Gasteiger partial charge in [0.05, 0.1) is 10.6 Å². The van der Waals surface area contributed by atoms with Crippen molar-refractivity contribution < 1.29 is 4.79 Å². The van der Waals surface area contributed by atoms with Crippen molar-refractivity contribution in [2.24, 2.45) is 12.0 Å². The smallest absolute Gasteiger partial charge is 0.264 e. The number of aryl methyl sites for hydroxylation is 1. The van der Waals surface area contributed by atoms with Gasteiger partial charge in [0.25, 0.3) is 5.91 Å². The molecule has 1 N–H and O–H groups in total. The van der Waals surface area contributed by atoms with Crippen LogP contribution in [0.3, 0.4) is 0 Å². The van der Waals surface area contributed by atoms with Gasteiger partial charge in [0.2, 0.25) is 0 Å². The zero-order chi connectivity index (χ0) is 17.4. The Kier molecular flexibility index (Phi) is 4.39. The number of rotatable bonds is 2. The zero-order valence-electron chi connectivity index (χ0n) is 13.4. The standard InChI is InChI=1S/C19H14IN3OS/c1-23-11-12(15-7-2-3-8-16(15)23)9-17-18(24)22-19(25-17)21-14-6-4-5-13(20)10-14/h2-11H,1H3,(H,21,22,24)/b17-9-. The van der Waals surface area contributed by atoms with E-state index in [1.807, 2.05) is 55.7 Å². The molecule has 1 saturated heterocycles. The first-order chi connectivity index (χ1) is 12.1. The molecule has 0 saturated carbocycles. The molecule has 2 heterocycles. The zero-order valence-corrected chi connectivity index (χ0v) is 16.3. The molecule has 25 heavy (non-hydrogen) atoms. The number of aliphatic imine (C=N–C) groups is 1. The van der Waals surface area contributed by atoms with Gasteiger partial charge in [-0.1, -0.05) is 24.3 Å². The minimum absolute atomic E-state index is 0.109. The van der Waals surface area contributed by atoms with Crippen molar-refractivity contribution in [3.05, 3.63) is 68.8 Å². The first-order valence-electron chi connectivity index (χ1n) is 7.69. The van der Waals surface area contributed by atoms with E-state index in [1.54, 1.807) is 0 Å². The van der Waals surface area contributed by atoms with Gasteiger partial charge in [-0.15, -0.1) is 0 Å². The number of amidine groups is 1. The number of benzene rings is 2. The molecule has 1 aliphatic rings. The Hall–Kier alpha value is -2.06. The number of amides is 1. The van der Waals surface area contributed by atoms with Crippen LogP contribution in [0, 0.1) is 3.57 Å². The summed E-state index contributed by atoms with van der Waals surface area (Å²) in [6.07, 6.45) is 3.97. The third kappa shape index (κ3) is 3.36. The average molecular weight is 459 g/mol. The summed E-state index contributed by atoms with van der Waals surface area (Å²) in [7, 11) is 2.01. The predicted octanol–water partition coefficient (Wildman–Crippen LogP) is 4.67. The Morgan fingerprint density at radius 2 is 2.04 bits per heavy atom. The third-order valence-corrected chi connectivity index (χ3v) is 5.48. The van der Waals surface area contributed by atoms with Crippen LogP contribution in [-0.4, -0.2) is 15.6 Å². The predicted molar refractivity (Wildman–Crippen MR) is 113 cm³/mol. The highest BCUT2D eigenvalue weighted by molar-refractivity contribution is 14.1. The first kappa shape index (κ1) is 16.4. The van der Waals surface area contributed by atoms with E-state index in [0.29, 0.717) is 10.1 Å². The Balaban J connectivity index is 1.67. The monoisotopic (exact) mass is 459 g/mol. The lowest BCUT2D eigenvalue weighted by atomic mass is 10.1. The van der Waals surface area contributed by atoms with Gasteiger partial charge in [0.1, 0.15) is 0 Å². The highest BCUT2D eigenvalue weighted by atomic mass is 127. The SMILES string of the molecule is Cn1cc(/C=C2\SC(=Nc3cccc(I)c3)NC2=O)c2ccccc21. The Morgan fingerprint density at radius 1 is 1.20 bits per heavy atom. The van der Waals surface area contributed by atoms with E-state index in [2.05, 4.69) is 49.6 Å². The quantitative estimate of drug-likeness (QED) is 0.447.